The lowest BCUT2D eigenvalue weighted by atomic mass is 9.97. The third-order valence-corrected chi connectivity index (χ3v) is 2.73. The molecule has 1 unspecified atom stereocenters. The van der Waals surface area contributed by atoms with E-state index in [1.165, 1.54) is 0 Å². The van der Waals surface area contributed by atoms with Crippen LogP contribution >= 0.6 is 0 Å². The Hall–Kier alpha value is -1.75. The Morgan fingerprint density at radius 3 is 2.50 bits per heavy atom. The number of para-hydroxylation sites is 2. The largest absolute Gasteiger partial charge is 0.493 e. The molecule has 18 heavy (non-hydrogen) atoms. The summed E-state index contributed by atoms with van der Waals surface area (Å²) in [7, 11) is 1.59. The Balaban J connectivity index is 2.41. The highest BCUT2D eigenvalue weighted by molar-refractivity contribution is 5.83. The smallest absolute Gasteiger partial charge is 0.237 e. The molecule has 0 spiro atoms. The first-order chi connectivity index (χ1) is 8.47. The van der Waals surface area contributed by atoms with Gasteiger partial charge in [0.15, 0.2) is 11.5 Å². The van der Waals surface area contributed by atoms with Crippen LogP contribution in [0.3, 0.4) is 0 Å². The summed E-state index contributed by atoms with van der Waals surface area (Å²) in [6, 6.07) is 7.39. The summed E-state index contributed by atoms with van der Waals surface area (Å²) in [6.07, 6.45) is 1.13. The molecule has 0 saturated carbocycles. The Morgan fingerprint density at radius 2 is 1.94 bits per heavy atom. The van der Waals surface area contributed by atoms with E-state index in [1.54, 1.807) is 14.0 Å². The molecule has 0 aliphatic heterocycles. The maximum atomic E-state index is 11.0. The number of hydrogen-bond acceptors (Lipinski definition) is 4. The summed E-state index contributed by atoms with van der Waals surface area (Å²) in [5.74, 6) is 0.862. The predicted octanol–water partition coefficient (Wildman–Crippen LogP) is 1.06. The van der Waals surface area contributed by atoms with Crippen molar-refractivity contribution in [1.29, 1.82) is 0 Å². The molecule has 0 fully saturated rings. The van der Waals surface area contributed by atoms with Crippen molar-refractivity contribution in [3.63, 3.8) is 0 Å². The number of hydrogen-bond donors (Lipinski definition) is 2. The standard InChI is InChI=1S/C13H20N2O3/c1-13(15,12(14)16)8-5-9-18-11-7-4-3-6-10(11)17-2/h3-4,6-7H,5,8-9,15H2,1-2H3,(H2,14,16). The highest BCUT2D eigenvalue weighted by Crippen LogP contribution is 2.26. The van der Waals surface area contributed by atoms with Crippen LogP contribution in [0.1, 0.15) is 19.8 Å². The van der Waals surface area contributed by atoms with E-state index in [2.05, 4.69) is 0 Å². The van der Waals surface area contributed by atoms with E-state index in [9.17, 15) is 4.79 Å². The van der Waals surface area contributed by atoms with E-state index in [4.69, 9.17) is 20.9 Å². The number of benzene rings is 1. The molecule has 0 bridgehead atoms. The minimum absolute atomic E-state index is 0.459. The normalized spacial score (nSPS) is 13.7. The molecular formula is C13H20N2O3. The average Bonchev–Trinajstić information content (AvgIpc) is 2.35. The summed E-state index contributed by atoms with van der Waals surface area (Å²) in [6.45, 7) is 2.08. The zero-order valence-electron chi connectivity index (χ0n) is 10.8. The lowest BCUT2D eigenvalue weighted by molar-refractivity contribution is -0.122. The van der Waals surface area contributed by atoms with Crippen molar-refractivity contribution in [2.45, 2.75) is 25.3 Å². The van der Waals surface area contributed by atoms with Crippen LogP contribution in [0.25, 0.3) is 0 Å². The van der Waals surface area contributed by atoms with Gasteiger partial charge in [0, 0.05) is 0 Å². The molecule has 0 aliphatic carbocycles. The summed E-state index contributed by atoms with van der Waals surface area (Å²) in [4.78, 5) is 11.0. The van der Waals surface area contributed by atoms with E-state index >= 15 is 0 Å². The molecule has 0 aromatic heterocycles. The monoisotopic (exact) mass is 252 g/mol. The van der Waals surface area contributed by atoms with Gasteiger partial charge in [-0.15, -0.1) is 0 Å². The molecule has 1 amide bonds. The first kappa shape index (κ1) is 14.3. The van der Waals surface area contributed by atoms with Gasteiger partial charge in [0.2, 0.25) is 5.91 Å². The SMILES string of the molecule is COc1ccccc1OCCCC(C)(N)C(N)=O. The maximum absolute atomic E-state index is 11.0. The van der Waals surface area contributed by atoms with Crippen LogP contribution in [0.2, 0.25) is 0 Å². The fourth-order valence-electron chi connectivity index (χ4n) is 1.48. The summed E-state index contributed by atoms with van der Waals surface area (Å²) in [5, 5.41) is 0. The molecule has 1 rings (SSSR count). The van der Waals surface area contributed by atoms with Gasteiger partial charge < -0.3 is 20.9 Å². The molecule has 100 valence electrons. The van der Waals surface area contributed by atoms with Crippen LogP contribution in [-0.4, -0.2) is 25.2 Å². The maximum Gasteiger partial charge on any atom is 0.237 e. The van der Waals surface area contributed by atoms with Crippen LogP contribution in [0.4, 0.5) is 0 Å². The Kier molecular flexibility index (Phi) is 4.97. The van der Waals surface area contributed by atoms with Crippen LogP contribution in [0.5, 0.6) is 11.5 Å². The number of methoxy groups -OCH3 is 1. The van der Waals surface area contributed by atoms with E-state index < -0.39 is 11.4 Å². The number of rotatable bonds is 7. The lowest BCUT2D eigenvalue weighted by Gasteiger charge is -2.20. The summed E-state index contributed by atoms with van der Waals surface area (Å²) >= 11 is 0. The van der Waals surface area contributed by atoms with Crippen molar-refractivity contribution < 1.29 is 14.3 Å². The highest BCUT2D eigenvalue weighted by Gasteiger charge is 2.24. The number of primary amides is 1. The number of carbonyl (C=O) groups is 1. The first-order valence-corrected chi connectivity index (χ1v) is 5.82. The predicted molar refractivity (Wildman–Crippen MR) is 69.5 cm³/mol. The third-order valence-electron chi connectivity index (χ3n) is 2.73. The van der Waals surface area contributed by atoms with Crippen molar-refractivity contribution in [2.24, 2.45) is 11.5 Å². The zero-order valence-corrected chi connectivity index (χ0v) is 10.8. The fraction of sp³-hybridized carbons (Fsp3) is 0.462. The lowest BCUT2D eigenvalue weighted by Crippen LogP contribution is -2.49. The molecule has 5 heteroatoms. The molecule has 1 atom stereocenters. The van der Waals surface area contributed by atoms with Crippen molar-refractivity contribution in [3.8, 4) is 11.5 Å². The molecule has 0 heterocycles. The molecular weight excluding hydrogens is 232 g/mol. The second kappa shape index (κ2) is 6.26. The minimum atomic E-state index is -0.982. The molecule has 4 N–H and O–H groups in total. The Labute approximate surface area is 107 Å². The topological polar surface area (TPSA) is 87.6 Å². The molecule has 1 aromatic carbocycles. The number of nitrogens with two attached hydrogens (primary N) is 2. The van der Waals surface area contributed by atoms with Gasteiger partial charge in [-0.05, 0) is 31.9 Å². The van der Waals surface area contributed by atoms with Gasteiger partial charge in [0.1, 0.15) is 0 Å². The van der Waals surface area contributed by atoms with E-state index in [1.807, 2.05) is 24.3 Å². The Bertz CT molecular complexity index is 405. The average molecular weight is 252 g/mol. The molecule has 0 radical (unpaired) electrons. The number of carbonyl (C=O) groups excluding carboxylic acids is 1. The second-order valence-corrected chi connectivity index (χ2v) is 4.38. The van der Waals surface area contributed by atoms with E-state index in [0.717, 1.165) is 0 Å². The van der Waals surface area contributed by atoms with Crippen molar-refractivity contribution in [2.75, 3.05) is 13.7 Å². The van der Waals surface area contributed by atoms with Crippen molar-refractivity contribution >= 4 is 5.91 Å². The Morgan fingerprint density at radius 1 is 1.33 bits per heavy atom. The molecule has 5 nitrogen and oxygen atoms in total. The number of ether oxygens (including phenoxy) is 2. The van der Waals surface area contributed by atoms with Gasteiger partial charge in [-0.3, -0.25) is 4.79 Å². The summed E-state index contributed by atoms with van der Waals surface area (Å²) < 4.78 is 10.7. The van der Waals surface area contributed by atoms with Gasteiger partial charge in [-0.25, -0.2) is 0 Å². The third kappa shape index (κ3) is 3.92. The van der Waals surface area contributed by atoms with Gasteiger partial charge in [0.05, 0.1) is 19.3 Å². The first-order valence-electron chi connectivity index (χ1n) is 5.82. The zero-order chi connectivity index (χ0) is 13.6. The van der Waals surface area contributed by atoms with Crippen LogP contribution in [0, 0.1) is 0 Å². The molecule has 0 aliphatic rings. The quantitative estimate of drug-likeness (QED) is 0.710. The van der Waals surface area contributed by atoms with Crippen LogP contribution < -0.4 is 20.9 Å². The van der Waals surface area contributed by atoms with Gasteiger partial charge in [0.25, 0.3) is 0 Å². The van der Waals surface area contributed by atoms with Gasteiger partial charge in [-0.1, -0.05) is 12.1 Å². The second-order valence-electron chi connectivity index (χ2n) is 4.38. The van der Waals surface area contributed by atoms with Crippen molar-refractivity contribution in [3.05, 3.63) is 24.3 Å². The van der Waals surface area contributed by atoms with E-state index in [-0.39, 0.29) is 0 Å². The highest BCUT2D eigenvalue weighted by atomic mass is 16.5. The fourth-order valence-corrected chi connectivity index (χ4v) is 1.48. The number of amides is 1. The molecule has 1 aromatic rings. The van der Waals surface area contributed by atoms with Gasteiger partial charge in [-0.2, -0.15) is 0 Å². The molecule has 0 saturated heterocycles. The van der Waals surface area contributed by atoms with Gasteiger partial charge >= 0.3 is 0 Å². The van der Waals surface area contributed by atoms with E-state index in [0.29, 0.717) is 30.9 Å². The van der Waals surface area contributed by atoms with Crippen LogP contribution in [-0.2, 0) is 4.79 Å². The minimum Gasteiger partial charge on any atom is -0.493 e. The van der Waals surface area contributed by atoms with Crippen LogP contribution in [0.15, 0.2) is 24.3 Å². The summed E-state index contributed by atoms with van der Waals surface area (Å²) in [5.41, 5.74) is 9.94. The van der Waals surface area contributed by atoms with Crippen molar-refractivity contribution in [1.82, 2.24) is 0 Å².